The van der Waals surface area contributed by atoms with E-state index >= 15 is 0 Å². The Morgan fingerprint density at radius 2 is 1.66 bits per heavy atom. The van der Waals surface area contributed by atoms with Gasteiger partial charge in [0, 0.05) is 68.6 Å². The van der Waals surface area contributed by atoms with Crippen LogP contribution in [0.25, 0.3) is 0 Å². The Balaban J connectivity index is 1.30. The maximum absolute atomic E-state index is 12.7. The van der Waals surface area contributed by atoms with Crippen molar-refractivity contribution in [3.8, 4) is 17.6 Å². The second kappa shape index (κ2) is 14.7. The number of anilines is 1. The van der Waals surface area contributed by atoms with Gasteiger partial charge in [0.1, 0.15) is 5.75 Å². The number of carbonyl (C=O) groups is 1. The predicted molar refractivity (Wildman–Crippen MR) is 165 cm³/mol. The standard InChI is InChI=1S/C34H42N4O3/c1-36(2)24-33-32(29-14-12-27(13-15-29)11-10-26-8-6-5-7-9-26)23-38(33)22-28(25-39)20-21-37(3)34(40)35-30-16-18-31(41-4)19-17-30/h5-9,12-19,28,32-33,39H,20-25H2,1-4H3,(H,35,40)/t28?,32?,33-/m1/s1. The average Bonchev–Trinajstić information content (AvgIpc) is 2.99. The first-order chi connectivity index (χ1) is 19.9. The van der Waals surface area contributed by atoms with Crippen molar-refractivity contribution in [2.45, 2.75) is 18.4 Å². The molecule has 3 aromatic carbocycles. The van der Waals surface area contributed by atoms with Gasteiger partial charge >= 0.3 is 6.03 Å². The second-order valence-electron chi connectivity index (χ2n) is 11.0. The highest BCUT2D eigenvalue weighted by Crippen LogP contribution is 2.35. The number of urea groups is 1. The Kier molecular flexibility index (Phi) is 10.8. The smallest absolute Gasteiger partial charge is 0.321 e. The molecule has 1 saturated heterocycles. The number of nitrogens with one attached hydrogen (secondary N) is 1. The molecule has 4 rings (SSSR count). The zero-order chi connectivity index (χ0) is 29.2. The molecule has 2 unspecified atom stereocenters. The lowest BCUT2D eigenvalue weighted by Gasteiger charge is -2.50. The van der Waals surface area contributed by atoms with Crippen LogP contribution in [0.2, 0.25) is 0 Å². The van der Waals surface area contributed by atoms with Crippen molar-refractivity contribution in [2.75, 3.05) is 66.4 Å². The fourth-order valence-electron chi connectivity index (χ4n) is 5.20. The van der Waals surface area contributed by atoms with E-state index in [1.807, 2.05) is 54.6 Å². The molecule has 3 atom stereocenters. The first-order valence-corrected chi connectivity index (χ1v) is 14.2. The quantitative estimate of drug-likeness (QED) is 0.340. The van der Waals surface area contributed by atoms with Crippen LogP contribution in [0.3, 0.4) is 0 Å². The van der Waals surface area contributed by atoms with Crippen molar-refractivity contribution in [2.24, 2.45) is 5.92 Å². The Bertz CT molecular complexity index is 1300. The Hall–Kier alpha value is -3.83. The summed E-state index contributed by atoms with van der Waals surface area (Å²) in [6.07, 6.45) is 0.730. The lowest BCUT2D eigenvalue weighted by atomic mass is 9.81. The number of aliphatic hydroxyl groups excluding tert-OH is 1. The summed E-state index contributed by atoms with van der Waals surface area (Å²) < 4.78 is 5.17. The van der Waals surface area contributed by atoms with Crippen molar-refractivity contribution in [1.29, 1.82) is 0 Å². The maximum Gasteiger partial charge on any atom is 0.321 e. The Morgan fingerprint density at radius 1 is 1.00 bits per heavy atom. The number of likely N-dealkylation sites (tertiary alicyclic amines) is 1. The van der Waals surface area contributed by atoms with Crippen molar-refractivity contribution in [3.05, 3.63) is 95.6 Å². The van der Waals surface area contributed by atoms with Gasteiger partial charge in [-0.05, 0) is 80.5 Å². The van der Waals surface area contributed by atoms with Crippen molar-refractivity contribution in [1.82, 2.24) is 14.7 Å². The van der Waals surface area contributed by atoms with Gasteiger partial charge in [-0.2, -0.15) is 0 Å². The van der Waals surface area contributed by atoms with E-state index < -0.39 is 0 Å². The third kappa shape index (κ3) is 8.58. The molecule has 0 bridgehead atoms. The molecule has 2 amide bonds. The molecular formula is C34H42N4O3. The van der Waals surface area contributed by atoms with Gasteiger partial charge in [0.15, 0.2) is 0 Å². The van der Waals surface area contributed by atoms with E-state index in [9.17, 15) is 9.90 Å². The second-order valence-corrected chi connectivity index (χ2v) is 11.0. The molecule has 216 valence electrons. The molecule has 41 heavy (non-hydrogen) atoms. The van der Waals surface area contributed by atoms with Crippen molar-refractivity contribution >= 4 is 11.7 Å². The fraction of sp³-hybridized carbons (Fsp3) is 0.382. The third-order valence-corrected chi connectivity index (χ3v) is 7.69. The molecule has 7 nitrogen and oxygen atoms in total. The van der Waals surface area contributed by atoms with Gasteiger partial charge in [0.25, 0.3) is 0 Å². The molecule has 0 aromatic heterocycles. The number of ether oxygens (including phenoxy) is 1. The van der Waals surface area contributed by atoms with E-state index in [0.717, 1.165) is 48.6 Å². The largest absolute Gasteiger partial charge is 0.497 e. The number of methoxy groups -OCH3 is 1. The number of rotatable bonds is 11. The number of hydrogen-bond donors (Lipinski definition) is 2. The molecule has 1 aliphatic heterocycles. The van der Waals surface area contributed by atoms with Crippen LogP contribution in [0.15, 0.2) is 78.9 Å². The highest BCUT2D eigenvalue weighted by molar-refractivity contribution is 5.89. The van der Waals surface area contributed by atoms with E-state index in [1.165, 1.54) is 5.56 Å². The molecule has 0 saturated carbocycles. The summed E-state index contributed by atoms with van der Waals surface area (Å²) in [6, 6.07) is 26.2. The molecule has 7 heteroatoms. The molecule has 3 aromatic rings. The normalized spacial score (nSPS) is 17.2. The van der Waals surface area contributed by atoms with Gasteiger partial charge in [-0.3, -0.25) is 4.90 Å². The minimum Gasteiger partial charge on any atom is -0.497 e. The predicted octanol–water partition coefficient (Wildman–Crippen LogP) is 4.59. The van der Waals surface area contributed by atoms with E-state index in [1.54, 1.807) is 19.1 Å². The lowest BCUT2D eigenvalue weighted by Crippen LogP contribution is -2.59. The van der Waals surface area contributed by atoms with Crippen LogP contribution >= 0.6 is 0 Å². The van der Waals surface area contributed by atoms with Crippen LogP contribution in [-0.2, 0) is 0 Å². The van der Waals surface area contributed by atoms with Crippen LogP contribution in [0.5, 0.6) is 5.75 Å². The minimum absolute atomic E-state index is 0.0903. The van der Waals surface area contributed by atoms with Gasteiger partial charge in [-0.25, -0.2) is 4.79 Å². The number of benzene rings is 3. The lowest BCUT2D eigenvalue weighted by molar-refractivity contribution is 0.0153. The number of aliphatic hydroxyl groups is 1. The number of likely N-dealkylation sites (N-methyl/N-ethyl adjacent to an activating group) is 1. The minimum atomic E-state index is -0.168. The van der Waals surface area contributed by atoms with E-state index in [4.69, 9.17) is 4.74 Å². The Labute approximate surface area is 244 Å². The highest BCUT2D eigenvalue weighted by atomic mass is 16.5. The zero-order valence-electron chi connectivity index (χ0n) is 24.6. The molecule has 0 aliphatic carbocycles. The summed E-state index contributed by atoms with van der Waals surface area (Å²) in [5.41, 5.74) is 4.07. The molecule has 1 heterocycles. The van der Waals surface area contributed by atoms with Gasteiger partial charge in [-0.15, -0.1) is 0 Å². The summed E-state index contributed by atoms with van der Waals surface area (Å²) in [7, 11) is 7.62. The van der Waals surface area contributed by atoms with Gasteiger partial charge in [-0.1, -0.05) is 42.2 Å². The first kappa shape index (κ1) is 30.1. The summed E-state index contributed by atoms with van der Waals surface area (Å²) in [6.45, 7) is 3.37. The third-order valence-electron chi connectivity index (χ3n) is 7.69. The van der Waals surface area contributed by atoms with Gasteiger partial charge in [0.2, 0.25) is 0 Å². The van der Waals surface area contributed by atoms with Crippen LogP contribution < -0.4 is 10.1 Å². The first-order valence-electron chi connectivity index (χ1n) is 14.2. The molecule has 2 N–H and O–H groups in total. The van der Waals surface area contributed by atoms with Crippen LogP contribution in [-0.4, -0.2) is 92.9 Å². The van der Waals surface area contributed by atoms with Crippen LogP contribution in [0.4, 0.5) is 10.5 Å². The van der Waals surface area contributed by atoms with Crippen molar-refractivity contribution in [3.63, 3.8) is 0 Å². The van der Waals surface area contributed by atoms with Gasteiger partial charge in [0.05, 0.1) is 7.11 Å². The Morgan fingerprint density at radius 3 is 2.27 bits per heavy atom. The maximum atomic E-state index is 12.7. The topological polar surface area (TPSA) is 68.3 Å². The molecule has 0 radical (unpaired) electrons. The summed E-state index contributed by atoms with van der Waals surface area (Å²) in [4.78, 5) is 19.0. The molecular weight excluding hydrogens is 512 g/mol. The van der Waals surface area contributed by atoms with E-state index in [-0.39, 0.29) is 18.6 Å². The van der Waals surface area contributed by atoms with Crippen LogP contribution in [0.1, 0.15) is 29.0 Å². The van der Waals surface area contributed by atoms with E-state index in [2.05, 4.69) is 65.3 Å². The van der Waals surface area contributed by atoms with Crippen molar-refractivity contribution < 1.29 is 14.6 Å². The highest BCUT2D eigenvalue weighted by Gasteiger charge is 2.40. The van der Waals surface area contributed by atoms with Gasteiger partial charge < -0.3 is 25.0 Å². The number of hydrogen-bond acceptors (Lipinski definition) is 5. The number of carbonyl (C=O) groups excluding carboxylic acids is 1. The van der Waals surface area contributed by atoms with E-state index in [0.29, 0.717) is 18.5 Å². The summed E-state index contributed by atoms with van der Waals surface area (Å²) in [5, 5.41) is 13.1. The van der Waals surface area contributed by atoms with Crippen LogP contribution in [0, 0.1) is 17.8 Å². The molecule has 1 aliphatic rings. The number of amides is 2. The number of nitrogens with zero attached hydrogens (tertiary/aromatic N) is 3. The fourth-order valence-corrected chi connectivity index (χ4v) is 5.20. The summed E-state index contributed by atoms with van der Waals surface area (Å²) >= 11 is 0. The monoisotopic (exact) mass is 554 g/mol. The zero-order valence-corrected chi connectivity index (χ0v) is 24.6. The summed E-state index contributed by atoms with van der Waals surface area (Å²) in [5.74, 6) is 7.76. The molecule has 1 fully saturated rings. The average molecular weight is 555 g/mol. The SMILES string of the molecule is COc1ccc(NC(=O)N(C)CCC(CO)CN2CC(c3ccc(C#Cc4ccccc4)cc3)[C@H]2CN(C)C)cc1. The molecule has 0 spiro atoms.